The zero-order valence-electron chi connectivity index (χ0n) is 12.2. The van der Waals surface area contributed by atoms with E-state index in [2.05, 4.69) is 13.0 Å². The van der Waals surface area contributed by atoms with Crippen LogP contribution in [0.3, 0.4) is 0 Å². The monoisotopic (exact) mass is 255 g/mol. The van der Waals surface area contributed by atoms with Gasteiger partial charge in [0.2, 0.25) is 0 Å². The summed E-state index contributed by atoms with van der Waals surface area (Å²) in [6.45, 7) is 2.59. The molecule has 0 fully saturated rings. The number of aliphatic hydroxyl groups excluding tert-OH is 1. The Bertz CT molecular complexity index is 180. The molecule has 0 radical (unpaired) electrons. The van der Waals surface area contributed by atoms with Crippen molar-refractivity contribution in [1.29, 1.82) is 0 Å². The first-order chi connectivity index (χ1) is 8.81. The van der Waals surface area contributed by atoms with E-state index in [9.17, 15) is 5.11 Å². The summed E-state index contributed by atoms with van der Waals surface area (Å²) in [5, 5.41) is 9.21. The van der Waals surface area contributed by atoms with Crippen molar-refractivity contribution in [1.82, 2.24) is 0 Å². The molecule has 1 atom stereocenters. The van der Waals surface area contributed by atoms with Gasteiger partial charge < -0.3 is 10.8 Å². The van der Waals surface area contributed by atoms with Crippen molar-refractivity contribution in [2.75, 3.05) is 6.54 Å². The van der Waals surface area contributed by atoms with Crippen molar-refractivity contribution >= 4 is 0 Å². The Labute approximate surface area is 114 Å². The molecular formula is C16H33NO. The lowest BCUT2D eigenvalue weighted by Gasteiger charge is -2.02. The van der Waals surface area contributed by atoms with Gasteiger partial charge in [0.1, 0.15) is 0 Å². The van der Waals surface area contributed by atoms with Gasteiger partial charge in [-0.25, -0.2) is 0 Å². The minimum absolute atomic E-state index is 0.328. The second-order valence-electron chi connectivity index (χ2n) is 5.20. The third-order valence-electron chi connectivity index (χ3n) is 3.32. The van der Waals surface area contributed by atoms with Gasteiger partial charge in [-0.1, -0.05) is 76.9 Å². The molecule has 0 saturated carbocycles. The van der Waals surface area contributed by atoms with E-state index in [1.807, 2.05) is 6.08 Å². The van der Waals surface area contributed by atoms with Gasteiger partial charge in [-0.05, 0) is 12.8 Å². The quantitative estimate of drug-likeness (QED) is 0.383. The van der Waals surface area contributed by atoms with E-state index in [4.69, 9.17) is 5.73 Å². The summed E-state index contributed by atoms with van der Waals surface area (Å²) in [5.74, 6) is 0. The standard InChI is InChI=1S/C16H33NO/c1-2-3-4-5-6-7-8-9-10-11-12-13-14-16(18)15-17/h13-14,16,18H,2-12,15,17H2,1H3. The van der Waals surface area contributed by atoms with E-state index < -0.39 is 6.10 Å². The zero-order valence-corrected chi connectivity index (χ0v) is 12.2. The normalized spacial score (nSPS) is 13.3. The average Bonchev–Trinajstić information content (AvgIpc) is 2.39. The highest BCUT2D eigenvalue weighted by atomic mass is 16.3. The van der Waals surface area contributed by atoms with Crippen molar-refractivity contribution in [3.05, 3.63) is 12.2 Å². The van der Waals surface area contributed by atoms with Gasteiger partial charge in [0, 0.05) is 6.54 Å². The number of hydrogen-bond donors (Lipinski definition) is 2. The van der Waals surface area contributed by atoms with Gasteiger partial charge >= 0.3 is 0 Å². The van der Waals surface area contributed by atoms with Crippen molar-refractivity contribution in [2.45, 2.75) is 83.7 Å². The fraction of sp³-hybridized carbons (Fsp3) is 0.875. The molecule has 18 heavy (non-hydrogen) atoms. The molecule has 0 bridgehead atoms. The Hall–Kier alpha value is -0.340. The molecular weight excluding hydrogens is 222 g/mol. The lowest BCUT2D eigenvalue weighted by Crippen LogP contribution is -2.16. The topological polar surface area (TPSA) is 46.2 Å². The molecule has 0 aliphatic rings. The summed E-state index contributed by atoms with van der Waals surface area (Å²) in [7, 11) is 0. The smallest absolute Gasteiger partial charge is 0.0843 e. The lowest BCUT2D eigenvalue weighted by atomic mass is 10.1. The summed E-state index contributed by atoms with van der Waals surface area (Å²) in [4.78, 5) is 0. The Kier molecular flexibility index (Phi) is 14.4. The van der Waals surface area contributed by atoms with Crippen LogP contribution in [0.15, 0.2) is 12.2 Å². The molecule has 2 nitrogen and oxygen atoms in total. The summed E-state index contributed by atoms with van der Waals surface area (Å²) >= 11 is 0. The van der Waals surface area contributed by atoms with Crippen LogP contribution in [0.1, 0.15) is 77.6 Å². The van der Waals surface area contributed by atoms with Crippen molar-refractivity contribution in [3.63, 3.8) is 0 Å². The molecule has 0 amide bonds. The summed E-state index contributed by atoms with van der Waals surface area (Å²) < 4.78 is 0. The van der Waals surface area contributed by atoms with Crippen LogP contribution >= 0.6 is 0 Å². The second-order valence-corrected chi connectivity index (χ2v) is 5.20. The first-order valence-electron chi connectivity index (χ1n) is 7.86. The van der Waals surface area contributed by atoms with E-state index in [0.717, 1.165) is 6.42 Å². The minimum atomic E-state index is -0.451. The Balaban J connectivity index is 3.05. The predicted octanol–water partition coefficient (Wildman–Crippen LogP) is 4.17. The highest BCUT2D eigenvalue weighted by molar-refractivity contribution is 4.88. The van der Waals surface area contributed by atoms with Crippen LogP contribution in [-0.4, -0.2) is 17.8 Å². The first kappa shape index (κ1) is 17.7. The predicted molar refractivity (Wildman–Crippen MR) is 80.7 cm³/mol. The molecule has 0 aliphatic carbocycles. The van der Waals surface area contributed by atoms with E-state index in [-0.39, 0.29) is 0 Å². The molecule has 0 spiro atoms. The molecule has 3 N–H and O–H groups in total. The highest BCUT2D eigenvalue weighted by Gasteiger charge is 1.93. The largest absolute Gasteiger partial charge is 0.388 e. The molecule has 0 saturated heterocycles. The number of nitrogens with two attached hydrogens (primary N) is 1. The molecule has 2 heteroatoms. The van der Waals surface area contributed by atoms with Crippen LogP contribution in [-0.2, 0) is 0 Å². The van der Waals surface area contributed by atoms with Crippen molar-refractivity contribution in [2.24, 2.45) is 5.73 Å². The highest BCUT2D eigenvalue weighted by Crippen LogP contribution is 2.11. The first-order valence-corrected chi connectivity index (χ1v) is 7.86. The maximum Gasteiger partial charge on any atom is 0.0843 e. The maximum absolute atomic E-state index is 9.21. The number of unbranched alkanes of at least 4 members (excludes halogenated alkanes) is 10. The van der Waals surface area contributed by atoms with Gasteiger partial charge in [-0.3, -0.25) is 0 Å². The number of hydrogen-bond acceptors (Lipinski definition) is 2. The third-order valence-corrected chi connectivity index (χ3v) is 3.32. The molecule has 0 aliphatic heterocycles. The van der Waals surface area contributed by atoms with E-state index in [1.54, 1.807) is 0 Å². The summed E-state index contributed by atoms with van der Waals surface area (Å²) in [6, 6.07) is 0. The number of rotatable bonds is 13. The van der Waals surface area contributed by atoms with E-state index in [0.29, 0.717) is 6.54 Å². The van der Waals surface area contributed by atoms with Gasteiger partial charge in [0.05, 0.1) is 6.10 Å². The van der Waals surface area contributed by atoms with E-state index >= 15 is 0 Å². The summed E-state index contributed by atoms with van der Waals surface area (Å²) in [5.41, 5.74) is 5.31. The summed E-state index contributed by atoms with van der Waals surface area (Å²) in [6.07, 6.45) is 18.2. The van der Waals surface area contributed by atoms with Crippen LogP contribution in [0.4, 0.5) is 0 Å². The maximum atomic E-state index is 9.21. The SMILES string of the molecule is CCCCCCCCCCCCC=CC(O)CN. The van der Waals surface area contributed by atoms with Crippen LogP contribution in [0.2, 0.25) is 0 Å². The zero-order chi connectivity index (χ0) is 13.5. The van der Waals surface area contributed by atoms with Crippen LogP contribution in [0.25, 0.3) is 0 Å². The lowest BCUT2D eigenvalue weighted by molar-refractivity contribution is 0.231. The Morgan fingerprint density at radius 2 is 1.39 bits per heavy atom. The Morgan fingerprint density at radius 3 is 1.89 bits per heavy atom. The molecule has 0 heterocycles. The minimum Gasteiger partial charge on any atom is -0.388 e. The molecule has 108 valence electrons. The second kappa shape index (κ2) is 14.7. The fourth-order valence-corrected chi connectivity index (χ4v) is 2.08. The average molecular weight is 255 g/mol. The molecule has 0 aromatic carbocycles. The third kappa shape index (κ3) is 13.7. The molecule has 0 aromatic rings. The van der Waals surface area contributed by atoms with Gasteiger partial charge in [0.15, 0.2) is 0 Å². The van der Waals surface area contributed by atoms with Crippen molar-refractivity contribution < 1.29 is 5.11 Å². The van der Waals surface area contributed by atoms with Crippen LogP contribution < -0.4 is 5.73 Å². The van der Waals surface area contributed by atoms with Crippen molar-refractivity contribution in [3.8, 4) is 0 Å². The van der Waals surface area contributed by atoms with Gasteiger partial charge in [-0.15, -0.1) is 0 Å². The van der Waals surface area contributed by atoms with Crippen LogP contribution in [0, 0.1) is 0 Å². The van der Waals surface area contributed by atoms with Gasteiger partial charge in [-0.2, -0.15) is 0 Å². The molecule has 0 aromatic heterocycles. The van der Waals surface area contributed by atoms with E-state index in [1.165, 1.54) is 64.2 Å². The number of allylic oxidation sites excluding steroid dienone is 1. The molecule has 0 rings (SSSR count). The molecule has 1 unspecified atom stereocenters. The van der Waals surface area contributed by atoms with Gasteiger partial charge in [0.25, 0.3) is 0 Å². The number of aliphatic hydroxyl groups is 1. The van der Waals surface area contributed by atoms with Crippen LogP contribution in [0.5, 0.6) is 0 Å². The Morgan fingerprint density at radius 1 is 0.889 bits per heavy atom. The fourth-order valence-electron chi connectivity index (χ4n) is 2.08.